The SMILES string of the molecule is CCCNc1ncc(CN2CC[C@]3(CCCN(CCO)C3=O)C2)cn1. The number of anilines is 1. The predicted octanol–water partition coefficient (Wildman–Crippen LogP) is 1.11. The van der Waals surface area contributed by atoms with Crippen LogP contribution in [0.1, 0.15) is 38.2 Å². The summed E-state index contributed by atoms with van der Waals surface area (Å²) in [6, 6.07) is 0. The van der Waals surface area contributed by atoms with Gasteiger partial charge in [0.15, 0.2) is 0 Å². The van der Waals surface area contributed by atoms with Crippen molar-refractivity contribution in [3.63, 3.8) is 0 Å². The normalized spacial score (nSPS) is 24.2. The van der Waals surface area contributed by atoms with Crippen molar-refractivity contribution in [3.8, 4) is 0 Å². The summed E-state index contributed by atoms with van der Waals surface area (Å²) in [4.78, 5) is 25.7. The first-order valence-electron chi connectivity index (χ1n) is 9.34. The van der Waals surface area contributed by atoms with E-state index in [0.29, 0.717) is 12.5 Å². The Labute approximate surface area is 149 Å². The number of rotatable bonds is 7. The molecule has 2 N–H and O–H groups in total. The van der Waals surface area contributed by atoms with E-state index in [2.05, 4.69) is 27.1 Å². The molecule has 1 amide bonds. The highest BCUT2D eigenvalue weighted by Crippen LogP contribution is 2.40. The molecule has 1 spiro atoms. The van der Waals surface area contributed by atoms with E-state index >= 15 is 0 Å². The van der Waals surface area contributed by atoms with Gasteiger partial charge < -0.3 is 15.3 Å². The van der Waals surface area contributed by atoms with Crippen LogP contribution in [0.25, 0.3) is 0 Å². The van der Waals surface area contributed by atoms with Gasteiger partial charge in [-0.25, -0.2) is 9.97 Å². The summed E-state index contributed by atoms with van der Waals surface area (Å²) in [5.74, 6) is 0.899. The van der Waals surface area contributed by atoms with Crippen molar-refractivity contribution in [2.75, 3.05) is 44.6 Å². The number of nitrogens with one attached hydrogen (secondary N) is 1. The van der Waals surface area contributed by atoms with Crippen LogP contribution in [-0.2, 0) is 11.3 Å². The van der Waals surface area contributed by atoms with Crippen LogP contribution in [0.15, 0.2) is 12.4 Å². The molecular weight excluding hydrogens is 318 g/mol. The van der Waals surface area contributed by atoms with Crippen molar-refractivity contribution < 1.29 is 9.90 Å². The molecule has 2 fully saturated rings. The number of likely N-dealkylation sites (tertiary alicyclic amines) is 2. The second-order valence-corrected chi connectivity index (χ2v) is 7.20. The van der Waals surface area contributed by atoms with E-state index in [9.17, 15) is 4.79 Å². The fraction of sp³-hybridized carbons (Fsp3) is 0.722. The van der Waals surface area contributed by atoms with Crippen LogP contribution in [0.2, 0.25) is 0 Å². The molecule has 0 aliphatic carbocycles. The Morgan fingerprint density at radius 3 is 2.80 bits per heavy atom. The number of β-amino-alcohol motifs (C(OH)–C–C–N with tert-alkyl or cyclic N) is 1. The van der Waals surface area contributed by atoms with Crippen LogP contribution in [0.4, 0.5) is 5.95 Å². The lowest BCUT2D eigenvalue weighted by Gasteiger charge is -2.39. The van der Waals surface area contributed by atoms with Gasteiger partial charge in [-0.2, -0.15) is 0 Å². The number of hydrogen-bond acceptors (Lipinski definition) is 6. The highest BCUT2D eigenvalue weighted by Gasteiger charge is 2.47. The van der Waals surface area contributed by atoms with Gasteiger partial charge in [0.2, 0.25) is 11.9 Å². The number of aromatic nitrogens is 2. The molecule has 0 radical (unpaired) electrons. The van der Waals surface area contributed by atoms with Crippen LogP contribution >= 0.6 is 0 Å². The Bertz CT molecular complexity index is 577. The van der Waals surface area contributed by atoms with Gasteiger partial charge in [0.1, 0.15) is 0 Å². The van der Waals surface area contributed by atoms with Crippen molar-refractivity contribution >= 4 is 11.9 Å². The molecule has 138 valence electrons. The fourth-order valence-corrected chi connectivity index (χ4v) is 3.98. The molecule has 2 aliphatic heterocycles. The highest BCUT2D eigenvalue weighted by molar-refractivity contribution is 5.84. The number of nitrogens with zero attached hydrogens (tertiary/aromatic N) is 4. The third-order valence-corrected chi connectivity index (χ3v) is 5.27. The first-order chi connectivity index (χ1) is 12.2. The Morgan fingerprint density at radius 2 is 2.08 bits per heavy atom. The topological polar surface area (TPSA) is 81.6 Å². The summed E-state index contributed by atoms with van der Waals surface area (Å²) in [5.41, 5.74) is 0.825. The van der Waals surface area contributed by atoms with Crippen molar-refractivity contribution in [3.05, 3.63) is 18.0 Å². The number of carbonyl (C=O) groups is 1. The van der Waals surface area contributed by atoms with Gasteiger partial charge in [-0.1, -0.05) is 6.92 Å². The standard InChI is InChI=1S/C18H29N5O2/c1-2-6-19-17-20-11-15(12-21-17)13-22-8-5-18(14-22)4-3-7-23(9-10-24)16(18)25/h11-12,24H,2-10,13-14H2,1H3,(H,19,20,21)/t18-/m1/s1. The van der Waals surface area contributed by atoms with Crippen LogP contribution in [0.3, 0.4) is 0 Å². The van der Waals surface area contributed by atoms with Gasteiger partial charge in [0, 0.05) is 50.7 Å². The number of hydrogen-bond donors (Lipinski definition) is 2. The van der Waals surface area contributed by atoms with Gasteiger partial charge in [0.25, 0.3) is 0 Å². The van der Waals surface area contributed by atoms with Crippen molar-refractivity contribution in [1.29, 1.82) is 0 Å². The summed E-state index contributed by atoms with van der Waals surface area (Å²) < 4.78 is 0. The predicted molar refractivity (Wildman–Crippen MR) is 96.0 cm³/mol. The zero-order chi connectivity index (χ0) is 17.7. The minimum Gasteiger partial charge on any atom is -0.395 e. The maximum Gasteiger partial charge on any atom is 0.230 e. The van der Waals surface area contributed by atoms with E-state index < -0.39 is 0 Å². The Kier molecular flexibility index (Phi) is 5.86. The molecule has 0 bridgehead atoms. The maximum absolute atomic E-state index is 12.8. The smallest absolute Gasteiger partial charge is 0.230 e. The van der Waals surface area contributed by atoms with E-state index in [-0.39, 0.29) is 17.9 Å². The second-order valence-electron chi connectivity index (χ2n) is 7.20. The maximum atomic E-state index is 12.8. The third-order valence-electron chi connectivity index (χ3n) is 5.27. The molecular formula is C18H29N5O2. The van der Waals surface area contributed by atoms with Crippen molar-refractivity contribution in [1.82, 2.24) is 19.8 Å². The lowest BCUT2D eigenvalue weighted by atomic mass is 9.78. The van der Waals surface area contributed by atoms with Gasteiger partial charge in [-0.05, 0) is 32.2 Å². The van der Waals surface area contributed by atoms with Crippen LogP contribution in [0, 0.1) is 5.41 Å². The molecule has 2 saturated heterocycles. The Hall–Kier alpha value is -1.73. The molecule has 25 heavy (non-hydrogen) atoms. The number of piperidine rings is 1. The lowest BCUT2D eigenvalue weighted by molar-refractivity contribution is -0.146. The zero-order valence-electron chi connectivity index (χ0n) is 15.1. The number of carbonyl (C=O) groups excluding carboxylic acids is 1. The second kappa shape index (κ2) is 8.10. The minimum absolute atomic E-state index is 0.0429. The quantitative estimate of drug-likeness (QED) is 0.769. The van der Waals surface area contributed by atoms with Crippen molar-refractivity contribution in [2.45, 2.75) is 39.2 Å². The van der Waals surface area contributed by atoms with Crippen LogP contribution in [-0.4, -0.2) is 70.1 Å². The molecule has 2 aliphatic rings. The molecule has 3 rings (SSSR count). The van der Waals surface area contributed by atoms with E-state index in [1.54, 1.807) is 0 Å². The molecule has 1 aromatic heterocycles. The monoisotopic (exact) mass is 347 g/mol. The summed E-state index contributed by atoms with van der Waals surface area (Å²) in [5, 5.41) is 12.3. The summed E-state index contributed by atoms with van der Waals surface area (Å²) in [6.45, 7) is 6.77. The molecule has 1 atom stereocenters. The third kappa shape index (κ3) is 4.10. The van der Waals surface area contributed by atoms with Gasteiger partial charge >= 0.3 is 0 Å². The van der Waals surface area contributed by atoms with E-state index in [4.69, 9.17) is 5.11 Å². The molecule has 7 heteroatoms. The first-order valence-corrected chi connectivity index (χ1v) is 9.34. The van der Waals surface area contributed by atoms with Gasteiger partial charge in [-0.15, -0.1) is 0 Å². The minimum atomic E-state index is -0.253. The summed E-state index contributed by atoms with van der Waals surface area (Å²) in [7, 11) is 0. The van der Waals surface area contributed by atoms with Gasteiger partial charge in [-0.3, -0.25) is 9.69 Å². The molecule has 0 unspecified atom stereocenters. The van der Waals surface area contributed by atoms with Gasteiger partial charge in [0.05, 0.1) is 12.0 Å². The number of aliphatic hydroxyl groups is 1. The average molecular weight is 347 g/mol. The van der Waals surface area contributed by atoms with E-state index in [1.165, 1.54) is 0 Å². The first kappa shape index (κ1) is 18.1. The summed E-state index contributed by atoms with van der Waals surface area (Å²) >= 11 is 0. The largest absolute Gasteiger partial charge is 0.395 e. The molecule has 7 nitrogen and oxygen atoms in total. The van der Waals surface area contributed by atoms with Crippen LogP contribution in [0.5, 0.6) is 0 Å². The Morgan fingerprint density at radius 1 is 1.28 bits per heavy atom. The fourth-order valence-electron chi connectivity index (χ4n) is 3.98. The average Bonchev–Trinajstić information content (AvgIpc) is 3.02. The van der Waals surface area contributed by atoms with Crippen molar-refractivity contribution in [2.24, 2.45) is 5.41 Å². The zero-order valence-corrected chi connectivity index (χ0v) is 15.1. The lowest BCUT2D eigenvalue weighted by Crippen LogP contribution is -2.50. The molecule has 0 aromatic carbocycles. The number of aliphatic hydroxyl groups excluding tert-OH is 1. The Balaban J connectivity index is 1.58. The summed E-state index contributed by atoms with van der Waals surface area (Å²) in [6.07, 6.45) is 7.68. The van der Waals surface area contributed by atoms with E-state index in [0.717, 1.165) is 64.0 Å². The van der Waals surface area contributed by atoms with Crippen LogP contribution < -0.4 is 5.32 Å². The number of amides is 1. The molecule has 3 heterocycles. The molecule has 1 aromatic rings. The molecule has 0 saturated carbocycles. The highest BCUT2D eigenvalue weighted by atomic mass is 16.3. The van der Waals surface area contributed by atoms with E-state index in [1.807, 2.05) is 17.3 Å².